The van der Waals surface area contributed by atoms with Gasteiger partial charge >= 0.3 is 0 Å². The highest BCUT2D eigenvalue weighted by Crippen LogP contribution is 2.30. The Balaban J connectivity index is 1.98. The van der Waals surface area contributed by atoms with Crippen molar-refractivity contribution in [1.82, 2.24) is 4.98 Å². The van der Waals surface area contributed by atoms with Crippen molar-refractivity contribution >= 4 is 28.3 Å². The topological polar surface area (TPSA) is 32.9 Å². The molecule has 0 amide bonds. The lowest BCUT2D eigenvalue weighted by molar-refractivity contribution is 0.0891. The fourth-order valence-electron chi connectivity index (χ4n) is 2.88. The number of aromatic amines is 1. The van der Waals surface area contributed by atoms with Crippen molar-refractivity contribution in [2.24, 2.45) is 5.92 Å². The molecular formula is C15H16ClNO. The molecule has 1 heterocycles. The van der Waals surface area contributed by atoms with Crippen molar-refractivity contribution in [3.63, 3.8) is 0 Å². The summed E-state index contributed by atoms with van der Waals surface area (Å²) in [7, 11) is 0. The summed E-state index contributed by atoms with van der Waals surface area (Å²) >= 11 is 6.01. The van der Waals surface area contributed by atoms with Crippen LogP contribution in [0.3, 0.4) is 0 Å². The summed E-state index contributed by atoms with van der Waals surface area (Å²) in [6, 6.07) is 5.65. The molecule has 3 rings (SSSR count). The van der Waals surface area contributed by atoms with Crippen LogP contribution in [0.15, 0.2) is 24.4 Å². The van der Waals surface area contributed by atoms with E-state index in [2.05, 4.69) is 4.98 Å². The Bertz CT molecular complexity index is 581. The Morgan fingerprint density at radius 1 is 1.22 bits per heavy atom. The van der Waals surface area contributed by atoms with Gasteiger partial charge in [0.15, 0.2) is 5.78 Å². The number of Topliss-reactive ketones (excluding diaryl/α,β-unsaturated/α-hetero) is 1. The lowest BCUT2D eigenvalue weighted by Crippen LogP contribution is -2.17. The number of halogens is 1. The van der Waals surface area contributed by atoms with Gasteiger partial charge in [0.2, 0.25) is 0 Å². The van der Waals surface area contributed by atoms with Crippen molar-refractivity contribution in [2.75, 3.05) is 0 Å². The molecule has 0 atom stereocenters. The maximum atomic E-state index is 12.5. The minimum atomic E-state index is 0.205. The fraction of sp³-hybridized carbons (Fsp3) is 0.400. The molecule has 0 spiro atoms. The van der Waals surface area contributed by atoms with Gasteiger partial charge in [-0.15, -0.1) is 0 Å². The van der Waals surface area contributed by atoms with Crippen LogP contribution in [0.1, 0.15) is 42.5 Å². The standard InChI is InChI=1S/C15H16ClNO/c16-11-6-7-14-12(8-11)13(9-17-14)15(18)10-4-2-1-3-5-10/h6-10,17H,1-5H2. The Kier molecular flexibility index (Phi) is 3.13. The van der Waals surface area contributed by atoms with E-state index >= 15 is 0 Å². The van der Waals surface area contributed by atoms with Crippen LogP contribution in [-0.4, -0.2) is 10.8 Å². The van der Waals surface area contributed by atoms with Gasteiger partial charge in [-0.2, -0.15) is 0 Å². The number of rotatable bonds is 2. The summed E-state index contributed by atoms with van der Waals surface area (Å²) < 4.78 is 0. The molecule has 3 heteroatoms. The van der Waals surface area contributed by atoms with E-state index in [0.29, 0.717) is 5.02 Å². The van der Waals surface area contributed by atoms with E-state index in [1.54, 1.807) is 0 Å². The molecule has 0 radical (unpaired) electrons. The second-order valence-electron chi connectivity index (χ2n) is 5.09. The van der Waals surface area contributed by atoms with E-state index in [4.69, 9.17) is 11.6 Å². The van der Waals surface area contributed by atoms with E-state index in [0.717, 1.165) is 29.3 Å². The molecule has 1 aromatic heterocycles. The van der Waals surface area contributed by atoms with Gasteiger partial charge in [0.05, 0.1) is 0 Å². The zero-order valence-electron chi connectivity index (χ0n) is 10.2. The number of hydrogen-bond acceptors (Lipinski definition) is 1. The van der Waals surface area contributed by atoms with Crippen LogP contribution in [-0.2, 0) is 0 Å². The zero-order chi connectivity index (χ0) is 12.5. The molecule has 1 saturated carbocycles. The summed E-state index contributed by atoms with van der Waals surface area (Å²) in [5.41, 5.74) is 1.79. The third-order valence-corrected chi connectivity index (χ3v) is 4.12. The van der Waals surface area contributed by atoms with Gasteiger partial charge in [-0.25, -0.2) is 0 Å². The SMILES string of the molecule is O=C(c1c[nH]c2ccc(Cl)cc12)C1CCCCC1. The number of hydrogen-bond donors (Lipinski definition) is 1. The summed E-state index contributed by atoms with van der Waals surface area (Å²) in [6.45, 7) is 0. The number of carbonyl (C=O) groups excluding carboxylic acids is 1. The molecule has 94 valence electrons. The van der Waals surface area contributed by atoms with Gasteiger partial charge < -0.3 is 4.98 Å². The van der Waals surface area contributed by atoms with Crippen LogP contribution in [0.2, 0.25) is 5.02 Å². The first kappa shape index (κ1) is 11.8. The summed E-state index contributed by atoms with van der Waals surface area (Å²) in [4.78, 5) is 15.7. The monoisotopic (exact) mass is 261 g/mol. The van der Waals surface area contributed by atoms with Gasteiger partial charge in [0.1, 0.15) is 0 Å². The minimum absolute atomic E-state index is 0.205. The van der Waals surface area contributed by atoms with Crippen LogP contribution in [0.5, 0.6) is 0 Å². The first-order chi connectivity index (χ1) is 8.75. The second kappa shape index (κ2) is 4.77. The molecule has 0 unspecified atom stereocenters. The Hall–Kier alpha value is -1.28. The highest BCUT2D eigenvalue weighted by atomic mass is 35.5. The molecule has 2 aromatic rings. The van der Waals surface area contributed by atoms with E-state index < -0.39 is 0 Å². The highest BCUT2D eigenvalue weighted by Gasteiger charge is 2.24. The maximum absolute atomic E-state index is 12.5. The molecule has 0 bridgehead atoms. The molecule has 1 N–H and O–H groups in total. The van der Waals surface area contributed by atoms with Crippen LogP contribution in [0, 0.1) is 5.92 Å². The van der Waals surface area contributed by atoms with Crippen LogP contribution in [0.4, 0.5) is 0 Å². The number of nitrogens with one attached hydrogen (secondary N) is 1. The third kappa shape index (κ3) is 2.05. The zero-order valence-corrected chi connectivity index (χ0v) is 11.0. The second-order valence-corrected chi connectivity index (χ2v) is 5.53. The fourth-order valence-corrected chi connectivity index (χ4v) is 3.05. The molecule has 0 aliphatic heterocycles. The van der Waals surface area contributed by atoms with Crippen molar-refractivity contribution in [3.05, 3.63) is 35.0 Å². The number of fused-ring (bicyclic) bond motifs is 1. The Labute approximate surface area is 111 Å². The predicted molar refractivity (Wildman–Crippen MR) is 74.2 cm³/mol. The van der Waals surface area contributed by atoms with Gasteiger partial charge in [-0.1, -0.05) is 30.9 Å². The van der Waals surface area contributed by atoms with Crippen LogP contribution in [0.25, 0.3) is 10.9 Å². The first-order valence-electron chi connectivity index (χ1n) is 6.56. The van der Waals surface area contributed by atoms with E-state index in [1.165, 1.54) is 19.3 Å². The minimum Gasteiger partial charge on any atom is -0.360 e. The molecule has 2 nitrogen and oxygen atoms in total. The summed E-state index contributed by atoms with van der Waals surface area (Å²) in [5, 5.41) is 1.64. The third-order valence-electron chi connectivity index (χ3n) is 3.89. The molecule has 18 heavy (non-hydrogen) atoms. The summed E-state index contributed by atoms with van der Waals surface area (Å²) in [5.74, 6) is 0.486. The number of carbonyl (C=O) groups is 1. The summed E-state index contributed by atoms with van der Waals surface area (Å²) in [6.07, 6.45) is 7.53. The van der Waals surface area contributed by atoms with Gasteiger partial charge in [0.25, 0.3) is 0 Å². The van der Waals surface area contributed by atoms with Crippen molar-refractivity contribution in [1.29, 1.82) is 0 Å². The lowest BCUT2D eigenvalue weighted by Gasteiger charge is -2.19. The number of benzene rings is 1. The molecule has 1 aliphatic carbocycles. The van der Waals surface area contributed by atoms with Gasteiger partial charge in [-0.05, 0) is 31.0 Å². The number of ketones is 1. The first-order valence-corrected chi connectivity index (χ1v) is 6.94. The quantitative estimate of drug-likeness (QED) is 0.789. The van der Waals surface area contributed by atoms with Crippen LogP contribution < -0.4 is 0 Å². The van der Waals surface area contributed by atoms with Crippen LogP contribution >= 0.6 is 11.6 Å². The van der Waals surface area contributed by atoms with E-state index in [1.807, 2.05) is 24.4 Å². The number of H-pyrrole nitrogens is 1. The van der Waals surface area contributed by atoms with Gasteiger partial charge in [-0.3, -0.25) is 4.79 Å². The van der Waals surface area contributed by atoms with Crippen molar-refractivity contribution in [3.8, 4) is 0 Å². The van der Waals surface area contributed by atoms with Crippen molar-refractivity contribution in [2.45, 2.75) is 32.1 Å². The smallest absolute Gasteiger partial charge is 0.168 e. The molecule has 1 fully saturated rings. The van der Waals surface area contributed by atoms with Gasteiger partial charge in [0, 0.05) is 33.6 Å². The van der Waals surface area contributed by atoms with Crippen molar-refractivity contribution < 1.29 is 4.79 Å². The Morgan fingerprint density at radius 3 is 2.78 bits per heavy atom. The van der Waals surface area contributed by atoms with E-state index in [-0.39, 0.29) is 11.7 Å². The largest absolute Gasteiger partial charge is 0.360 e. The molecule has 1 aliphatic rings. The highest BCUT2D eigenvalue weighted by molar-refractivity contribution is 6.31. The average Bonchev–Trinajstić information content (AvgIpc) is 2.82. The normalized spacial score (nSPS) is 17.2. The maximum Gasteiger partial charge on any atom is 0.168 e. The predicted octanol–water partition coefficient (Wildman–Crippen LogP) is 4.58. The molecule has 0 saturated heterocycles. The Morgan fingerprint density at radius 2 is 2.00 bits per heavy atom. The molecular weight excluding hydrogens is 246 g/mol. The number of aromatic nitrogens is 1. The average molecular weight is 262 g/mol. The lowest BCUT2D eigenvalue weighted by atomic mass is 9.84. The molecule has 1 aromatic carbocycles. The van der Waals surface area contributed by atoms with E-state index in [9.17, 15) is 4.79 Å².